The summed E-state index contributed by atoms with van der Waals surface area (Å²) in [5.74, 6) is 1.51. The lowest BCUT2D eigenvalue weighted by Gasteiger charge is -2.11. The molecule has 0 aliphatic heterocycles. The lowest BCUT2D eigenvalue weighted by atomic mass is 10.1. The zero-order valence-corrected chi connectivity index (χ0v) is 12.3. The van der Waals surface area contributed by atoms with Crippen molar-refractivity contribution >= 4 is 21.6 Å². The third-order valence-electron chi connectivity index (χ3n) is 3.22. The molecule has 0 unspecified atom stereocenters. The van der Waals surface area contributed by atoms with Crippen LogP contribution >= 0.6 is 11.3 Å². The first-order chi connectivity index (χ1) is 9.74. The summed E-state index contributed by atoms with van der Waals surface area (Å²) in [7, 11) is 3.29. The van der Waals surface area contributed by atoms with Gasteiger partial charge in [-0.3, -0.25) is 0 Å². The van der Waals surface area contributed by atoms with E-state index in [1.54, 1.807) is 31.9 Å². The standard InChI is InChI=1S/C15H14N2O2S/c1-9-7-20-15-13(9)14(16-8-17-15)11-5-4-10(18-2)6-12(11)19-3/h4-8H,1-3H3. The summed E-state index contributed by atoms with van der Waals surface area (Å²) in [4.78, 5) is 9.76. The van der Waals surface area contributed by atoms with Crippen LogP contribution in [0, 0.1) is 6.92 Å². The van der Waals surface area contributed by atoms with Crippen molar-refractivity contribution in [1.82, 2.24) is 9.97 Å². The molecule has 5 heteroatoms. The third-order valence-corrected chi connectivity index (χ3v) is 4.22. The first-order valence-corrected chi connectivity index (χ1v) is 7.03. The molecule has 0 saturated heterocycles. The van der Waals surface area contributed by atoms with E-state index in [9.17, 15) is 0 Å². The Bertz CT molecular complexity index is 768. The van der Waals surface area contributed by atoms with Gasteiger partial charge in [-0.15, -0.1) is 11.3 Å². The summed E-state index contributed by atoms with van der Waals surface area (Å²) in [5, 5.41) is 3.18. The number of fused-ring (bicyclic) bond motifs is 1. The van der Waals surface area contributed by atoms with E-state index in [1.807, 2.05) is 18.2 Å². The highest BCUT2D eigenvalue weighted by Gasteiger charge is 2.15. The van der Waals surface area contributed by atoms with Crippen LogP contribution in [0.2, 0.25) is 0 Å². The van der Waals surface area contributed by atoms with Crippen LogP contribution in [0.15, 0.2) is 29.9 Å². The molecule has 0 spiro atoms. The Hall–Kier alpha value is -2.14. The van der Waals surface area contributed by atoms with Crippen LogP contribution in [-0.4, -0.2) is 24.2 Å². The van der Waals surface area contributed by atoms with E-state index in [0.717, 1.165) is 33.0 Å². The summed E-state index contributed by atoms with van der Waals surface area (Å²) in [6.07, 6.45) is 1.59. The molecule has 0 N–H and O–H groups in total. The van der Waals surface area contributed by atoms with Gasteiger partial charge in [0.1, 0.15) is 22.7 Å². The van der Waals surface area contributed by atoms with Gasteiger partial charge in [0.05, 0.1) is 19.9 Å². The smallest absolute Gasteiger partial charge is 0.131 e. The number of hydrogen-bond donors (Lipinski definition) is 0. The molecule has 0 fully saturated rings. The molecule has 0 amide bonds. The van der Waals surface area contributed by atoms with Crippen LogP contribution in [0.25, 0.3) is 21.5 Å². The summed E-state index contributed by atoms with van der Waals surface area (Å²) < 4.78 is 10.7. The van der Waals surface area contributed by atoms with Gasteiger partial charge >= 0.3 is 0 Å². The van der Waals surface area contributed by atoms with Gasteiger partial charge in [0.2, 0.25) is 0 Å². The van der Waals surface area contributed by atoms with Gasteiger partial charge in [-0.05, 0) is 30.0 Å². The molecule has 2 aromatic heterocycles. The van der Waals surface area contributed by atoms with E-state index in [0.29, 0.717) is 0 Å². The van der Waals surface area contributed by atoms with Crippen LogP contribution in [0.3, 0.4) is 0 Å². The first-order valence-electron chi connectivity index (χ1n) is 6.15. The van der Waals surface area contributed by atoms with Crippen molar-refractivity contribution in [3.63, 3.8) is 0 Å². The van der Waals surface area contributed by atoms with Crippen molar-refractivity contribution in [3.05, 3.63) is 35.5 Å². The van der Waals surface area contributed by atoms with Crippen LogP contribution in [0.1, 0.15) is 5.56 Å². The third kappa shape index (κ3) is 2.00. The van der Waals surface area contributed by atoms with Gasteiger partial charge in [-0.25, -0.2) is 9.97 Å². The van der Waals surface area contributed by atoms with E-state index in [2.05, 4.69) is 22.3 Å². The Morgan fingerprint density at radius 2 is 1.95 bits per heavy atom. The zero-order chi connectivity index (χ0) is 14.1. The summed E-state index contributed by atoms with van der Waals surface area (Å²) >= 11 is 1.63. The fourth-order valence-corrected chi connectivity index (χ4v) is 3.11. The highest BCUT2D eigenvalue weighted by molar-refractivity contribution is 7.17. The zero-order valence-electron chi connectivity index (χ0n) is 11.5. The fourth-order valence-electron chi connectivity index (χ4n) is 2.22. The number of aryl methyl sites for hydroxylation is 1. The molecule has 3 aromatic rings. The van der Waals surface area contributed by atoms with Crippen molar-refractivity contribution in [3.8, 4) is 22.8 Å². The van der Waals surface area contributed by atoms with E-state index in [4.69, 9.17) is 9.47 Å². The summed E-state index contributed by atoms with van der Waals surface area (Å²) in [6.45, 7) is 2.07. The maximum Gasteiger partial charge on any atom is 0.131 e. The molecule has 0 aliphatic carbocycles. The van der Waals surface area contributed by atoms with Crippen molar-refractivity contribution in [1.29, 1.82) is 0 Å². The minimum absolute atomic E-state index is 0.745. The molecule has 0 aliphatic rings. The summed E-state index contributed by atoms with van der Waals surface area (Å²) in [5.41, 5.74) is 3.02. The first kappa shape index (κ1) is 12.9. The Labute approximate surface area is 121 Å². The highest BCUT2D eigenvalue weighted by atomic mass is 32.1. The van der Waals surface area contributed by atoms with Crippen LogP contribution in [-0.2, 0) is 0 Å². The van der Waals surface area contributed by atoms with Crippen molar-refractivity contribution in [2.45, 2.75) is 6.92 Å². The lowest BCUT2D eigenvalue weighted by molar-refractivity contribution is 0.395. The molecule has 0 radical (unpaired) electrons. The maximum absolute atomic E-state index is 5.47. The molecule has 0 atom stereocenters. The molecule has 1 aromatic carbocycles. The molecule has 102 valence electrons. The SMILES string of the molecule is COc1ccc(-c2ncnc3scc(C)c23)c(OC)c1. The van der Waals surface area contributed by atoms with E-state index >= 15 is 0 Å². The number of methoxy groups -OCH3 is 2. The second-order valence-electron chi connectivity index (χ2n) is 4.39. The predicted octanol–water partition coefficient (Wildman–Crippen LogP) is 3.68. The summed E-state index contributed by atoms with van der Waals surface area (Å²) in [6, 6.07) is 5.75. The van der Waals surface area contributed by atoms with Crippen LogP contribution in [0.5, 0.6) is 11.5 Å². The molecule has 3 rings (SSSR count). The van der Waals surface area contributed by atoms with Gasteiger partial charge in [-0.2, -0.15) is 0 Å². The van der Waals surface area contributed by atoms with Crippen molar-refractivity contribution in [2.75, 3.05) is 14.2 Å². The lowest BCUT2D eigenvalue weighted by Crippen LogP contribution is -1.93. The average Bonchev–Trinajstić information content (AvgIpc) is 2.88. The highest BCUT2D eigenvalue weighted by Crippen LogP contribution is 2.37. The van der Waals surface area contributed by atoms with E-state index in [1.165, 1.54) is 5.56 Å². The largest absolute Gasteiger partial charge is 0.497 e. The minimum Gasteiger partial charge on any atom is -0.497 e. The molecule has 0 saturated carbocycles. The van der Waals surface area contributed by atoms with Gasteiger partial charge in [0.25, 0.3) is 0 Å². The Morgan fingerprint density at radius 1 is 1.10 bits per heavy atom. The van der Waals surface area contributed by atoms with E-state index < -0.39 is 0 Å². The van der Waals surface area contributed by atoms with Crippen molar-refractivity contribution in [2.24, 2.45) is 0 Å². The Kier molecular flexibility index (Phi) is 3.28. The molecule has 2 heterocycles. The quantitative estimate of drug-likeness (QED) is 0.736. The van der Waals surface area contributed by atoms with Crippen LogP contribution < -0.4 is 9.47 Å². The normalized spacial score (nSPS) is 10.8. The minimum atomic E-state index is 0.745. The predicted molar refractivity (Wildman–Crippen MR) is 80.7 cm³/mol. The molecule has 20 heavy (non-hydrogen) atoms. The van der Waals surface area contributed by atoms with Gasteiger partial charge in [0.15, 0.2) is 0 Å². The number of hydrogen-bond acceptors (Lipinski definition) is 5. The molecular formula is C15H14N2O2S. The maximum atomic E-state index is 5.47. The second kappa shape index (κ2) is 5.09. The Balaban J connectivity index is 2.28. The van der Waals surface area contributed by atoms with Crippen LogP contribution in [0.4, 0.5) is 0 Å². The number of nitrogens with zero attached hydrogens (tertiary/aromatic N) is 2. The molecular weight excluding hydrogens is 272 g/mol. The van der Waals surface area contributed by atoms with Gasteiger partial charge in [0, 0.05) is 17.0 Å². The number of benzene rings is 1. The molecule has 4 nitrogen and oxygen atoms in total. The topological polar surface area (TPSA) is 44.2 Å². The number of aromatic nitrogens is 2. The fraction of sp³-hybridized carbons (Fsp3) is 0.200. The number of ether oxygens (including phenoxy) is 2. The molecule has 0 bridgehead atoms. The van der Waals surface area contributed by atoms with Gasteiger partial charge < -0.3 is 9.47 Å². The van der Waals surface area contributed by atoms with E-state index in [-0.39, 0.29) is 0 Å². The number of thiophene rings is 1. The van der Waals surface area contributed by atoms with Crippen molar-refractivity contribution < 1.29 is 9.47 Å². The second-order valence-corrected chi connectivity index (χ2v) is 5.25. The number of rotatable bonds is 3. The Morgan fingerprint density at radius 3 is 2.70 bits per heavy atom. The van der Waals surface area contributed by atoms with Gasteiger partial charge in [-0.1, -0.05) is 0 Å². The monoisotopic (exact) mass is 286 g/mol. The average molecular weight is 286 g/mol.